The normalized spacial score (nSPS) is 16.7. The second kappa shape index (κ2) is 4.72. The van der Waals surface area contributed by atoms with Crippen LogP contribution in [0.2, 0.25) is 0 Å². The van der Waals surface area contributed by atoms with Gasteiger partial charge in [0, 0.05) is 35.6 Å². The quantitative estimate of drug-likeness (QED) is 0.841. The number of fused-ring (bicyclic) bond motifs is 1. The summed E-state index contributed by atoms with van der Waals surface area (Å²) in [7, 11) is 1.44. The third-order valence-corrected chi connectivity index (χ3v) is 3.99. The lowest BCUT2D eigenvalue weighted by molar-refractivity contribution is 0.0911. The molecule has 0 amide bonds. The Kier molecular flexibility index (Phi) is 3.12. The molecule has 0 saturated carbocycles. The van der Waals surface area contributed by atoms with Crippen molar-refractivity contribution in [1.29, 1.82) is 0 Å². The van der Waals surface area contributed by atoms with E-state index in [4.69, 9.17) is 4.74 Å². The number of Topliss-reactive ketones (excluding diaryl/α,β-unsaturated/α-hetero) is 1. The van der Waals surface area contributed by atoms with Crippen LogP contribution in [0.1, 0.15) is 36.3 Å². The molecule has 1 aliphatic carbocycles. The Bertz CT molecular complexity index is 716. The smallest absolute Gasteiger partial charge is 0.165 e. The van der Waals surface area contributed by atoms with E-state index in [-0.39, 0.29) is 16.9 Å². The Balaban J connectivity index is 2.11. The molecule has 1 aromatic heterocycles. The number of hydrogen-bond acceptors (Lipinski definition) is 2. The number of ketones is 1. The molecule has 0 atom stereocenters. The van der Waals surface area contributed by atoms with Gasteiger partial charge in [-0.2, -0.15) is 0 Å². The van der Waals surface area contributed by atoms with Crippen molar-refractivity contribution < 1.29 is 13.9 Å². The van der Waals surface area contributed by atoms with Crippen molar-refractivity contribution in [3.63, 3.8) is 0 Å². The number of nitrogens with zero attached hydrogens (tertiary/aromatic N) is 1. The molecule has 0 radical (unpaired) electrons. The number of hydrogen-bond donors (Lipinski definition) is 0. The molecule has 0 aliphatic heterocycles. The van der Waals surface area contributed by atoms with Crippen LogP contribution in [-0.4, -0.2) is 17.5 Å². The third kappa shape index (κ3) is 2.35. The highest BCUT2D eigenvalue weighted by Crippen LogP contribution is 2.36. The van der Waals surface area contributed by atoms with Gasteiger partial charge in [-0.1, -0.05) is 13.8 Å². The van der Waals surface area contributed by atoms with E-state index in [0.717, 1.165) is 23.4 Å². The molecule has 0 fully saturated rings. The van der Waals surface area contributed by atoms with E-state index in [1.165, 1.54) is 13.2 Å². The Morgan fingerprint density at radius 3 is 2.71 bits per heavy atom. The van der Waals surface area contributed by atoms with Crippen molar-refractivity contribution in [2.75, 3.05) is 7.11 Å². The lowest BCUT2D eigenvalue weighted by Gasteiger charge is -2.29. The average molecular weight is 287 g/mol. The summed E-state index contributed by atoms with van der Waals surface area (Å²) in [6.07, 6.45) is 3.26. The topological polar surface area (TPSA) is 31.2 Å². The number of benzene rings is 1. The van der Waals surface area contributed by atoms with E-state index in [0.29, 0.717) is 6.42 Å². The van der Waals surface area contributed by atoms with Crippen molar-refractivity contribution >= 4 is 5.78 Å². The number of methoxy groups -OCH3 is 1. The molecule has 3 rings (SSSR count). The first-order valence-electron chi connectivity index (χ1n) is 6.99. The molecule has 3 nitrogen and oxygen atoms in total. The highest BCUT2D eigenvalue weighted by molar-refractivity contribution is 5.99. The first-order valence-corrected chi connectivity index (χ1v) is 6.99. The molecule has 1 aromatic carbocycles. The Hall–Kier alpha value is -2.10. The summed E-state index contributed by atoms with van der Waals surface area (Å²) in [6, 6.07) is 6.59. The highest BCUT2D eigenvalue weighted by Gasteiger charge is 2.33. The maximum absolute atomic E-state index is 13.5. The fourth-order valence-electron chi connectivity index (χ4n) is 2.99. The molecule has 0 bridgehead atoms. The Labute approximate surface area is 123 Å². The monoisotopic (exact) mass is 287 g/mol. The van der Waals surface area contributed by atoms with E-state index in [9.17, 15) is 9.18 Å². The van der Waals surface area contributed by atoms with Crippen molar-refractivity contribution in [1.82, 2.24) is 4.57 Å². The fraction of sp³-hybridized carbons (Fsp3) is 0.353. The van der Waals surface area contributed by atoms with Gasteiger partial charge in [-0.15, -0.1) is 0 Å². The molecule has 1 heterocycles. The summed E-state index contributed by atoms with van der Waals surface area (Å²) >= 11 is 0. The molecule has 110 valence electrons. The van der Waals surface area contributed by atoms with Crippen LogP contribution in [0.25, 0.3) is 5.69 Å². The van der Waals surface area contributed by atoms with Gasteiger partial charge in [0.2, 0.25) is 0 Å². The zero-order chi connectivity index (χ0) is 15.2. The predicted molar refractivity (Wildman–Crippen MR) is 78.7 cm³/mol. The molecular formula is C17H18FNO2. The van der Waals surface area contributed by atoms with Crippen molar-refractivity contribution in [2.45, 2.75) is 26.7 Å². The van der Waals surface area contributed by atoms with Crippen LogP contribution in [0.15, 0.2) is 30.5 Å². The van der Waals surface area contributed by atoms with Crippen LogP contribution in [0.5, 0.6) is 5.75 Å². The number of carbonyl (C=O) groups is 1. The average Bonchev–Trinajstić information content (AvgIpc) is 2.82. The summed E-state index contributed by atoms with van der Waals surface area (Å²) in [5.74, 6) is -0.0101. The van der Waals surface area contributed by atoms with Crippen LogP contribution >= 0.6 is 0 Å². The summed E-state index contributed by atoms with van der Waals surface area (Å²) in [5, 5.41) is 0. The second-order valence-corrected chi connectivity index (χ2v) is 6.31. The molecule has 0 saturated heterocycles. The van der Waals surface area contributed by atoms with E-state index < -0.39 is 5.82 Å². The molecule has 0 spiro atoms. The van der Waals surface area contributed by atoms with Crippen LogP contribution in [0, 0.1) is 11.2 Å². The molecule has 2 aromatic rings. The first kappa shape index (κ1) is 13.9. The fourth-order valence-corrected chi connectivity index (χ4v) is 2.99. The van der Waals surface area contributed by atoms with Crippen LogP contribution in [-0.2, 0) is 6.42 Å². The minimum Gasteiger partial charge on any atom is -0.494 e. The minimum absolute atomic E-state index is 0.0513. The summed E-state index contributed by atoms with van der Waals surface area (Å²) < 4.78 is 20.5. The van der Waals surface area contributed by atoms with E-state index in [1.54, 1.807) is 12.1 Å². The maximum Gasteiger partial charge on any atom is 0.165 e. The molecular weight excluding hydrogens is 269 g/mol. The molecule has 1 aliphatic rings. The van der Waals surface area contributed by atoms with E-state index >= 15 is 0 Å². The van der Waals surface area contributed by atoms with Gasteiger partial charge in [0.05, 0.1) is 7.11 Å². The predicted octanol–water partition coefficient (Wildman–Crippen LogP) is 3.78. The molecule has 4 heteroatoms. The number of rotatable bonds is 2. The lowest BCUT2D eigenvalue weighted by Crippen LogP contribution is -2.27. The van der Waals surface area contributed by atoms with Crippen LogP contribution < -0.4 is 4.74 Å². The Morgan fingerprint density at radius 2 is 2.00 bits per heavy atom. The van der Waals surface area contributed by atoms with Gasteiger partial charge in [0.1, 0.15) is 0 Å². The van der Waals surface area contributed by atoms with Gasteiger partial charge in [0.25, 0.3) is 0 Å². The van der Waals surface area contributed by atoms with Crippen LogP contribution in [0.3, 0.4) is 0 Å². The number of halogens is 1. The first-order chi connectivity index (χ1) is 9.91. The summed E-state index contributed by atoms with van der Waals surface area (Å²) in [4.78, 5) is 12.2. The van der Waals surface area contributed by atoms with E-state index in [2.05, 4.69) is 13.8 Å². The standard InChI is InChI=1S/C17H18FNO2/c1-17(2)9-14-12(15(20)10-17)6-7-19(14)11-4-5-13(18)16(8-11)21-3/h4-8H,9-10H2,1-3H3. The summed E-state index contributed by atoms with van der Waals surface area (Å²) in [6.45, 7) is 4.19. The molecule has 0 N–H and O–H groups in total. The zero-order valence-electron chi connectivity index (χ0n) is 12.4. The van der Waals surface area contributed by atoms with Gasteiger partial charge in [-0.25, -0.2) is 4.39 Å². The van der Waals surface area contributed by atoms with Gasteiger partial charge < -0.3 is 9.30 Å². The highest BCUT2D eigenvalue weighted by atomic mass is 19.1. The van der Waals surface area contributed by atoms with Gasteiger partial charge >= 0.3 is 0 Å². The second-order valence-electron chi connectivity index (χ2n) is 6.31. The van der Waals surface area contributed by atoms with Gasteiger partial charge in [0.15, 0.2) is 17.3 Å². The zero-order valence-corrected chi connectivity index (χ0v) is 12.4. The van der Waals surface area contributed by atoms with Crippen molar-refractivity contribution in [3.05, 3.63) is 47.5 Å². The summed E-state index contributed by atoms with van der Waals surface area (Å²) in [5.41, 5.74) is 2.52. The minimum atomic E-state index is -0.390. The Morgan fingerprint density at radius 1 is 1.24 bits per heavy atom. The van der Waals surface area contributed by atoms with Gasteiger partial charge in [-0.05, 0) is 30.0 Å². The molecule has 0 unspecified atom stereocenters. The lowest BCUT2D eigenvalue weighted by atomic mass is 9.76. The van der Waals surface area contributed by atoms with Crippen molar-refractivity contribution in [3.8, 4) is 11.4 Å². The van der Waals surface area contributed by atoms with Crippen molar-refractivity contribution in [2.24, 2.45) is 5.41 Å². The largest absolute Gasteiger partial charge is 0.494 e. The number of aromatic nitrogens is 1. The third-order valence-electron chi connectivity index (χ3n) is 3.99. The van der Waals surface area contributed by atoms with Crippen LogP contribution in [0.4, 0.5) is 4.39 Å². The number of ether oxygens (including phenoxy) is 1. The maximum atomic E-state index is 13.5. The van der Waals surface area contributed by atoms with E-state index in [1.807, 2.05) is 16.8 Å². The molecule has 21 heavy (non-hydrogen) atoms. The van der Waals surface area contributed by atoms with Gasteiger partial charge in [-0.3, -0.25) is 4.79 Å². The SMILES string of the molecule is COc1cc(-n2ccc3c2CC(C)(C)CC3=O)ccc1F. The number of carbonyl (C=O) groups excluding carboxylic acids is 1.